The molecule has 0 aromatic heterocycles. The lowest BCUT2D eigenvalue weighted by Crippen LogP contribution is -2.43. The summed E-state index contributed by atoms with van der Waals surface area (Å²) in [4.78, 5) is 12.1. The van der Waals surface area contributed by atoms with Gasteiger partial charge in [-0.1, -0.05) is 6.42 Å². The van der Waals surface area contributed by atoms with Crippen LogP contribution in [0.25, 0.3) is 0 Å². The summed E-state index contributed by atoms with van der Waals surface area (Å²) >= 11 is 0. The Morgan fingerprint density at radius 2 is 2.35 bits per heavy atom. The van der Waals surface area contributed by atoms with Gasteiger partial charge in [0.25, 0.3) is 0 Å². The molecule has 0 spiro atoms. The minimum Gasteiger partial charge on any atom is -0.396 e. The van der Waals surface area contributed by atoms with Crippen molar-refractivity contribution in [3.63, 3.8) is 0 Å². The number of rotatable bonds is 7. The zero-order valence-electron chi connectivity index (χ0n) is 10.5. The maximum atomic E-state index is 12.1. The van der Waals surface area contributed by atoms with E-state index in [0.717, 1.165) is 19.3 Å². The van der Waals surface area contributed by atoms with Gasteiger partial charge in [-0.2, -0.15) is 0 Å². The summed E-state index contributed by atoms with van der Waals surface area (Å²) in [5, 5.41) is 11.9. The van der Waals surface area contributed by atoms with Gasteiger partial charge in [-0.25, -0.2) is 0 Å². The predicted molar refractivity (Wildman–Crippen MR) is 65.4 cm³/mol. The van der Waals surface area contributed by atoms with Crippen LogP contribution in [0.2, 0.25) is 0 Å². The number of amides is 1. The molecular weight excluding hydrogens is 220 g/mol. The molecule has 0 heterocycles. The van der Waals surface area contributed by atoms with Crippen molar-refractivity contribution in [1.29, 1.82) is 0 Å². The van der Waals surface area contributed by atoms with Crippen LogP contribution < -0.4 is 11.1 Å². The van der Waals surface area contributed by atoms with E-state index in [9.17, 15) is 4.79 Å². The van der Waals surface area contributed by atoms with Crippen LogP contribution in [0.3, 0.4) is 0 Å². The second kappa shape index (κ2) is 7.63. The highest BCUT2D eigenvalue weighted by atomic mass is 16.5. The lowest BCUT2D eigenvalue weighted by Gasteiger charge is -2.22. The van der Waals surface area contributed by atoms with Crippen molar-refractivity contribution in [2.45, 2.75) is 31.7 Å². The van der Waals surface area contributed by atoms with Crippen molar-refractivity contribution < 1.29 is 14.6 Å². The molecule has 1 rings (SSSR count). The molecule has 0 saturated heterocycles. The fraction of sp³-hybridized carbons (Fsp3) is 0.917. The molecule has 5 heteroatoms. The van der Waals surface area contributed by atoms with Gasteiger partial charge in [0.15, 0.2) is 0 Å². The van der Waals surface area contributed by atoms with E-state index in [0.29, 0.717) is 25.5 Å². The molecule has 0 bridgehead atoms. The Bertz CT molecular complexity index is 230. The summed E-state index contributed by atoms with van der Waals surface area (Å²) in [5.74, 6) is 0.416. The van der Waals surface area contributed by atoms with Gasteiger partial charge in [-0.3, -0.25) is 4.79 Å². The molecule has 17 heavy (non-hydrogen) atoms. The zero-order valence-corrected chi connectivity index (χ0v) is 10.5. The van der Waals surface area contributed by atoms with Crippen LogP contribution in [-0.4, -0.2) is 43.9 Å². The van der Waals surface area contributed by atoms with Gasteiger partial charge in [0.05, 0.1) is 12.6 Å². The number of aliphatic hydroxyl groups is 1. The number of methoxy groups -OCH3 is 1. The number of nitrogens with one attached hydrogen (secondary N) is 1. The van der Waals surface area contributed by atoms with Crippen LogP contribution in [-0.2, 0) is 9.53 Å². The molecule has 4 N–H and O–H groups in total. The van der Waals surface area contributed by atoms with Crippen LogP contribution in [0, 0.1) is 11.8 Å². The molecule has 0 aromatic rings. The maximum Gasteiger partial charge on any atom is 0.223 e. The quantitative estimate of drug-likeness (QED) is 0.582. The van der Waals surface area contributed by atoms with Gasteiger partial charge in [-0.15, -0.1) is 0 Å². The average Bonchev–Trinajstić information content (AvgIpc) is 2.77. The Balaban J connectivity index is 2.45. The van der Waals surface area contributed by atoms with Crippen LogP contribution in [0.4, 0.5) is 0 Å². The number of hydrogen-bond acceptors (Lipinski definition) is 4. The average molecular weight is 244 g/mol. The fourth-order valence-electron chi connectivity index (χ4n) is 2.53. The molecule has 0 radical (unpaired) electrons. The SMILES string of the molecule is COCC(CCO)NC(=O)C1CCCC1CN. The summed E-state index contributed by atoms with van der Waals surface area (Å²) in [6.07, 6.45) is 3.57. The number of hydrogen-bond donors (Lipinski definition) is 3. The molecule has 0 aromatic carbocycles. The Labute approximate surface area is 103 Å². The number of carbonyl (C=O) groups excluding carboxylic acids is 1. The van der Waals surface area contributed by atoms with Gasteiger partial charge in [-0.05, 0) is 31.7 Å². The minimum absolute atomic E-state index is 0.0399. The Morgan fingerprint density at radius 1 is 1.59 bits per heavy atom. The van der Waals surface area contributed by atoms with Gasteiger partial charge in [0.1, 0.15) is 0 Å². The van der Waals surface area contributed by atoms with Crippen molar-refractivity contribution in [2.75, 3.05) is 26.9 Å². The van der Waals surface area contributed by atoms with Crippen LogP contribution in [0.5, 0.6) is 0 Å². The Hall–Kier alpha value is -0.650. The molecular formula is C12H24N2O3. The minimum atomic E-state index is -0.100. The highest BCUT2D eigenvalue weighted by Gasteiger charge is 2.32. The summed E-state index contributed by atoms with van der Waals surface area (Å²) in [5.41, 5.74) is 5.67. The summed E-state index contributed by atoms with van der Waals surface area (Å²) in [6.45, 7) is 1.07. The normalized spacial score (nSPS) is 25.8. The van der Waals surface area contributed by atoms with Crippen LogP contribution in [0.15, 0.2) is 0 Å². The van der Waals surface area contributed by atoms with E-state index in [4.69, 9.17) is 15.6 Å². The van der Waals surface area contributed by atoms with E-state index in [1.807, 2.05) is 0 Å². The summed E-state index contributed by atoms with van der Waals surface area (Å²) < 4.78 is 5.02. The van der Waals surface area contributed by atoms with E-state index in [1.165, 1.54) is 0 Å². The van der Waals surface area contributed by atoms with E-state index in [-0.39, 0.29) is 24.5 Å². The molecule has 1 aliphatic carbocycles. The molecule has 1 amide bonds. The smallest absolute Gasteiger partial charge is 0.223 e. The first-order valence-corrected chi connectivity index (χ1v) is 6.33. The standard InChI is InChI=1S/C12H24N2O3/c1-17-8-10(5-6-15)14-12(16)11-4-2-3-9(11)7-13/h9-11,15H,2-8,13H2,1H3,(H,14,16). The van der Waals surface area contributed by atoms with Crippen molar-refractivity contribution in [2.24, 2.45) is 17.6 Å². The largest absolute Gasteiger partial charge is 0.396 e. The van der Waals surface area contributed by atoms with E-state index >= 15 is 0 Å². The molecule has 1 fully saturated rings. The molecule has 3 atom stereocenters. The number of ether oxygens (including phenoxy) is 1. The second-order valence-corrected chi connectivity index (χ2v) is 4.71. The first-order valence-electron chi connectivity index (χ1n) is 6.33. The molecule has 0 aliphatic heterocycles. The van der Waals surface area contributed by atoms with Crippen LogP contribution in [0.1, 0.15) is 25.7 Å². The van der Waals surface area contributed by atoms with Crippen molar-refractivity contribution in [3.05, 3.63) is 0 Å². The fourth-order valence-corrected chi connectivity index (χ4v) is 2.53. The van der Waals surface area contributed by atoms with Gasteiger partial charge < -0.3 is 20.9 Å². The lowest BCUT2D eigenvalue weighted by atomic mass is 9.95. The second-order valence-electron chi connectivity index (χ2n) is 4.71. The number of aliphatic hydroxyl groups excluding tert-OH is 1. The monoisotopic (exact) mass is 244 g/mol. The number of carbonyl (C=O) groups is 1. The molecule has 5 nitrogen and oxygen atoms in total. The Morgan fingerprint density at radius 3 is 2.94 bits per heavy atom. The highest BCUT2D eigenvalue weighted by Crippen LogP contribution is 2.31. The third-order valence-electron chi connectivity index (χ3n) is 3.49. The van der Waals surface area contributed by atoms with E-state index < -0.39 is 0 Å². The summed E-state index contributed by atoms with van der Waals surface area (Å²) in [6, 6.07) is -0.100. The van der Waals surface area contributed by atoms with Crippen molar-refractivity contribution >= 4 is 5.91 Å². The summed E-state index contributed by atoms with van der Waals surface area (Å²) in [7, 11) is 1.59. The van der Waals surface area contributed by atoms with E-state index in [2.05, 4.69) is 5.32 Å². The molecule has 1 aliphatic rings. The van der Waals surface area contributed by atoms with Crippen molar-refractivity contribution in [1.82, 2.24) is 5.32 Å². The highest BCUT2D eigenvalue weighted by molar-refractivity contribution is 5.79. The first-order chi connectivity index (χ1) is 8.22. The zero-order chi connectivity index (χ0) is 12.7. The van der Waals surface area contributed by atoms with Gasteiger partial charge >= 0.3 is 0 Å². The molecule has 100 valence electrons. The lowest BCUT2D eigenvalue weighted by molar-refractivity contribution is -0.127. The Kier molecular flexibility index (Phi) is 6.47. The van der Waals surface area contributed by atoms with Gasteiger partial charge in [0, 0.05) is 19.6 Å². The van der Waals surface area contributed by atoms with Crippen molar-refractivity contribution in [3.8, 4) is 0 Å². The maximum absolute atomic E-state index is 12.1. The van der Waals surface area contributed by atoms with Crippen LogP contribution >= 0.6 is 0 Å². The molecule has 3 unspecified atom stereocenters. The number of nitrogens with two attached hydrogens (primary N) is 1. The van der Waals surface area contributed by atoms with E-state index in [1.54, 1.807) is 7.11 Å². The third kappa shape index (κ3) is 4.26. The third-order valence-corrected chi connectivity index (χ3v) is 3.49. The predicted octanol–water partition coefficient (Wildman–Crippen LogP) is -0.125. The van der Waals surface area contributed by atoms with Gasteiger partial charge in [0.2, 0.25) is 5.91 Å². The first kappa shape index (κ1) is 14.4. The topological polar surface area (TPSA) is 84.6 Å². The molecule has 1 saturated carbocycles.